The molecule has 1 saturated carbocycles. The lowest BCUT2D eigenvalue weighted by Gasteiger charge is -2.37. The van der Waals surface area contributed by atoms with Gasteiger partial charge in [0.1, 0.15) is 5.75 Å². The molecule has 0 bridgehead atoms. The lowest BCUT2D eigenvalue weighted by Crippen LogP contribution is -2.41. The highest BCUT2D eigenvalue weighted by Gasteiger charge is 2.51. The zero-order valence-electron chi connectivity index (χ0n) is 11.6. The standard InChI is InChI=1S/C16H20O3/c1-11-6-7-13-14(10-11)19-16(8-4-3-5-9-16)15(13)18-12(2)17/h6-7,10,15H,3-5,8-9H2,1-2H3. The zero-order valence-corrected chi connectivity index (χ0v) is 11.6. The highest BCUT2D eigenvalue weighted by atomic mass is 16.6. The normalized spacial score (nSPS) is 23.8. The van der Waals surface area contributed by atoms with Crippen molar-refractivity contribution in [2.24, 2.45) is 0 Å². The molecule has 3 nitrogen and oxygen atoms in total. The van der Waals surface area contributed by atoms with Crippen LogP contribution in [0.25, 0.3) is 0 Å². The molecule has 1 aliphatic carbocycles. The van der Waals surface area contributed by atoms with Crippen molar-refractivity contribution in [3.05, 3.63) is 29.3 Å². The third-order valence-electron chi connectivity index (χ3n) is 4.23. The van der Waals surface area contributed by atoms with E-state index in [0.29, 0.717) is 0 Å². The maximum absolute atomic E-state index is 11.4. The summed E-state index contributed by atoms with van der Waals surface area (Å²) in [7, 11) is 0. The van der Waals surface area contributed by atoms with Crippen LogP contribution in [0.3, 0.4) is 0 Å². The molecule has 0 N–H and O–H groups in total. The van der Waals surface area contributed by atoms with Gasteiger partial charge < -0.3 is 9.47 Å². The van der Waals surface area contributed by atoms with Gasteiger partial charge >= 0.3 is 5.97 Å². The quantitative estimate of drug-likeness (QED) is 0.722. The fourth-order valence-electron chi connectivity index (χ4n) is 3.35. The first-order valence-corrected chi connectivity index (χ1v) is 7.07. The van der Waals surface area contributed by atoms with Gasteiger partial charge in [0.2, 0.25) is 0 Å². The smallest absolute Gasteiger partial charge is 0.303 e. The number of carbonyl (C=O) groups excluding carboxylic acids is 1. The van der Waals surface area contributed by atoms with Crippen molar-refractivity contribution < 1.29 is 14.3 Å². The number of ether oxygens (including phenoxy) is 2. The number of hydrogen-bond acceptors (Lipinski definition) is 3. The molecule has 3 rings (SSSR count). The van der Waals surface area contributed by atoms with Crippen LogP contribution in [-0.4, -0.2) is 11.6 Å². The van der Waals surface area contributed by atoms with Gasteiger partial charge in [-0.2, -0.15) is 0 Å². The van der Waals surface area contributed by atoms with Gasteiger partial charge in [-0.15, -0.1) is 0 Å². The van der Waals surface area contributed by atoms with E-state index in [-0.39, 0.29) is 17.7 Å². The first-order valence-electron chi connectivity index (χ1n) is 7.07. The Balaban J connectivity index is 2.00. The number of esters is 1. The number of hydrogen-bond donors (Lipinski definition) is 0. The molecule has 19 heavy (non-hydrogen) atoms. The predicted octanol–water partition coefficient (Wildman–Crippen LogP) is 3.69. The topological polar surface area (TPSA) is 35.5 Å². The minimum Gasteiger partial charge on any atom is -0.483 e. The first-order chi connectivity index (χ1) is 9.11. The Hall–Kier alpha value is -1.51. The maximum atomic E-state index is 11.4. The van der Waals surface area contributed by atoms with Crippen LogP contribution in [0.5, 0.6) is 5.75 Å². The molecule has 1 fully saturated rings. The number of rotatable bonds is 1. The second-order valence-electron chi connectivity index (χ2n) is 5.76. The molecule has 1 aromatic carbocycles. The van der Waals surface area contributed by atoms with Crippen molar-refractivity contribution >= 4 is 5.97 Å². The summed E-state index contributed by atoms with van der Waals surface area (Å²) in [6.45, 7) is 3.53. The molecule has 0 aromatic heterocycles. The van der Waals surface area contributed by atoms with Crippen LogP contribution in [0.15, 0.2) is 18.2 Å². The largest absolute Gasteiger partial charge is 0.483 e. The second-order valence-corrected chi connectivity index (χ2v) is 5.76. The average molecular weight is 260 g/mol. The van der Waals surface area contributed by atoms with Gasteiger partial charge in [0.05, 0.1) is 0 Å². The fraction of sp³-hybridized carbons (Fsp3) is 0.562. The monoisotopic (exact) mass is 260 g/mol. The highest BCUT2D eigenvalue weighted by molar-refractivity contribution is 5.67. The molecule has 1 aromatic rings. The highest BCUT2D eigenvalue weighted by Crippen LogP contribution is 2.52. The van der Waals surface area contributed by atoms with Crippen LogP contribution >= 0.6 is 0 Å². The van der Waals surface area contributed by atoms with Crippen LogP contribution in [0, 0.1) is 6.92 Å². The summed E-state index contributed by atoms with van der Waals surface area (Å²) in [5.74, 6) is 0.667. The van der Waals surface area contributed by atoms with Gasteiger partial charge in [-0.3, -0.25) is 4.79 Å². The van der Waals surface area contributed by atoms with Crippen LogP contribution in [0.2, 0.25) is 0 Å². The summed E-state index contributed by atoms with van der Waals surface area (Å²) in [4.78, 5) is 11.4. The molecule has 1 heterocycles. The maximum Gasteiger partial charge on any atom is 0.303 e. The molecule has 3 heteroatoms. The summed E-state index contributed by atoms with van der Waals surface area (Å²) in [6, 6.07) is 6.15. The Kier molecular flexibility index (Phi) is 3.00. The number of aryl methyl sites for hydroxylation is 1. The van der Waals surface area contributed by atoms with E-state index in [2.05, 4.69) is 19.1 Å². The van der Waals surface area contributed by atoms with E-state index >= 15 is 0 Å². The molecular weight excluding hydrogens is 240 g/mol. The van der Waals surface area contributed by atoms with Gasteiger partial charge in [0, 0.05) is 12.5 Å². The number of fused-ring (bicyclic) bond motifs is 1. The molecular formula is C16H20O3. The first kappa shape index (κ1) is 12.5. The van der Waals surface area contributed by atoms with Gasteiger partial charge in [-0.25, -0.2) is 0 Å². The predicted molar refractivity (Wildman–Crippen MR) is 72.1 cm³/mol. The van der Waals surface area contributed by atoms with Crippen molar-refractivity contribution in [2.45, 2.75) is 57.7 Å². The fourth-order valence-corrected chi connectivity index (χ4v) is 3.35. The van der Waals surface area contributed by atoms with Crippen molar-refractivity contribution in [1.82, 2.24) is 0 Å². The molecule has 102 valence electrons. The third-order valence-corrected chi connectivity index (χ3v) is 4.23. The molecule has 0 radical (unpaired) electrons. The molecule has 1 atom stereocenters. The molecule has 1 unspecified atom stereocenters. The summed E-state index contributed by atoms with van der Waals surface area (Å²) in [5.41, 5.74) is 1.89. The zero-order chi connectivity index (χ0) is 13.5. The molecule has 2 aliphatic rings. The van der Waals surface area contributed by atoms with Crippen LogP contribution in [0.4, 0.5) is 0 Å². The Morgan fingerprint density at radius 1 is 1.32 bits per heavy atom. The lowest BCUT2D eigenvalue weighted by atomic mass is 9.79. The SMILES string of the molecule is CC(=O)OC1c2ccc(C)cc2OC12CCCCC2. The summed E-state index contributed by atoms with van der Waals surface area (Å²) < 4.78 is 11.9. The van der Waals surface area contributed by atoms with E-state index in [1.807, 2.05) is 6.07 Å². The minimum atomic E-state index is -0.319. The molecule has 1 aliphatic heterocycles. The second kappa shape index (κ2) is 4.55. The van der Waals surface area contributed by atoms with Crippen LogP contribution in [-0.2, 0) is 9.53 Å². The van der Waals surface area contributed by atoms with E-state index in [1.165, 1.54) is 18.9 Å². The van der Waals surface area contributed by atoms with Crippen molar-refractivity contribution in [3.63, 3.8) is 0 Å². The van der Waals surface area contributed by atoms with Gasteiger partial charge in [0.25, 0.3) is 0 Å². The minimum absolute atomic E-state index is 0.230. The molecule has 1 spiro atoms. The summed E-state index contributed by atoms with van der Waals surface area (Å²) in [6.07, 6.45) is 5.24. The van der Waals surface area contributed by atoms with Crippen molar-refractivity contribution in [1.29, 1.82) is 0 Å². The molecule has 0 saturated heterocycles. The van der Waals surface area contributed by atoms with E-state index < -0.39 is 0 Å². The van der Waals surface area contributed by atoms with Crippen LogP contribution in [0.1, 0.15) is 56.3 Å². The Labute approximate surface area is 113 Å². The Morgan fingerprint density at radius 3 is 2.74 bits per heavy atom. The van der Waals surface area contributed by atoms with E-state index in [9.17, 15) is 4.79 Å². The summed E-state index contributed by atoms with van der Waals surface area (Å²) >= 11 is 0. The van der Waals surface area contributed by atoms with Crippen LogP contribution < -0.4 is 4.74 Å². The van der Waals surface area contributed by atoms with E-state index in [0.717, 1.165) is 37.0 Å². The van der Waals surface area contributed by atoms with Gasteiger partial charge in [0.15, 0.2) is 11.7 Å². The van der Waals surface area contributed by atoms with Crippen molar-refractivity contribution in [2.75, 3.05) is 0 Å². The van der Waals surface area contributed by atoms with Gasteiger partial charge in [-0.1, -0.05) is 18.6 Å². The third kappa shape index (κ3) is 2.11. The lowest BCUT2D eigenvalue weighted by molar-refractivity contribution is -0.159. The molecule has 0 amide bonds. The van der Waals surface area contributed by atoms with Gasteiger partial charge in [-0.05, 0) is 44.2 Å². The Morgan fingerprint density at radius 2 is 2.05 bits per heavy atom. The number of benzene rings is 1. The number of carbonyl (C=O) groups is 1. The average Bonchev–Trinajstić information content (AvgIpc) is 2.63. The summed E-state index contributed by atoms with van der Waals surface area (Å²) in [5, 5.41) is 0. The van der Waals surface area contributed by atoms with Crippen molar-refractivity contribution in [3.8, 4) is 5.75 Å². The Bertz CT molecular complexity index is 501. The van der Waals surface area contributed by atoms with E-state index in [4.69, 9.17) is 9.47 Å². The van der Waals surface area contributed by atoms with E-state index in [1.54, 1.807) is 0 Å².